The SMILES string of the molecule is CCCOP(=O)(OCCC)C(OC(=O)C(C)C)=C(C)C. The van der Waals surface area contributed by atoms with Crippen LogP contribution < -0.4 is 0 Å². The normalized spacial score (nSPS) is 11.6. The van der Waals surface area contributed by atoms with E-state index in [9.17, 15) is 9.36 Å². The second-order valence-corrected chi connectivity index (χ2v) is 6.96. The van der Waals surface area contributed by atoms with E-state index in [1.54, 1.807) is 27.7 Å². The van der Waals surface area contributed by atoms with Crippen molar-refractivity contribution in [1.82, 2.24) is 0 Å². The van der Waals surface area contributed by atoms with Crippen LogP contribution in [0.3, 0.4) is 0 Å². The summed E-state index contributed by atoms with van der Waals surface area (Å²) in [5.74, 6) is -0.753. The van der Waals surface area contributed by atoms with Crippen LogP contribution in [0.5, 0.6) is 0 Å². The Hall–Kier alpha value is -0.640. The number of ether oxygens (including phenoxy) is 1. The summed E-state index contributed by atoms with van der Waals surface area (Å²) in [6.45, 7) is 11.3. The minimum atomic E-state index is -3.58. The second kappa shape index (κ2) is 9.32. The summed E-state index contributed by atoms with van der Waals surface area (Å²) < 4.78 is 28.9. The van der Waals surface area contributed by atoms with E-state index in [1.807, 2.05) is 13.8 Å². The van der Waals surface area contributed by atoms with Gasteiger partial charge in [0.15, 0.2) is 0 Å². The molecule has 0 radical (unpaired) electrons. The maximum atomic E-state index is 12.9. The van der Waals surface area contributed by atoms with Crippen molar-refractivity contribution in [2.75, 3.05) is 13.2 Å². The van der Waals surface area contributed by atoms with E-state index in [-0.39, 0.29) is 24.6 Å². The van der Waals surface area contributed by atoms with Gasteiger partial charge in [0.1, 0.15) is 0 Å². The maximum Gasteiger partial charge on any atom is 0.396 e. The zero-order chi connectivity index (χ0) is 15.8. The van der Waals surface area contributed by atoms with Gasteiger partial charge in [0.2, 0.25) is 5.50 Å². The number of carbonyl (C=O) groups excluding carboxylic acids is 1. The summed E-state index contributed by atoms with van der Waals surface area (Å²) in [5.41, 5.74) is 0.646. The van der Waals surface area contributed by atoms with Gasteiger partial charge in [-0.25, -0.2) is 0 Å². The first kappa shape index (κ1) is 19.4. The van der Waals surface area contributed by atoms with Gasteiger partial charge in [0, 0.05) is 0 Å². The van der Waals surface area contributed by atoms with Gasteiger partial charge in [-0.2, -0.15) is 0 Å². The van der Waals surface area contributed by atoms with Crippen molar-refractivity contribution in [2.45, 2.75) is 54.4 Å². The van der Waals surface area contributed by atoms with E-state index < -0.39 is 13.6 Å². The van der Waals surface area contributed by atoms with Crippen LogP contribution in [-0.4, -0.2) is 19.2 Å². The summed E-state index contributed by atoms with van der Waals surface area (Å²) in [6.07, 6.45) is 1.40. The lowest BCUT2D eigenvalue weighted by atomic mass is 10.2. The van der Waals surface area contributed by atoms with Gasteiger partial charge in [-0.3, -0.25) is 9.36 Å². The molecule has 0 aliphatic rings. The van der Waals surface area contributed by atoms with E-state index in [0.29, 0.717) is 18.4 Å². The van der Waals surface area contributed by atoms with Crippen molar-refractivity contribution in [1.29, 1.82) is 0 Å². The van der Waals surface area contributed by atoms with Crippen LogP contribution in [0.15, 0.2) is 11.1 Å². The average Bonchev–Trinajstić information content (AvgIpc) is 2.39. The highest BCUT2D eigenvalue weighted by Gasteiger charge is 2.35. The minimum absolute atomic E-state index is 0.0260. The Bertz CT molecular complexity index is 371. The fourth-order valence-corrected chi connectivity index (χ4v) is 3.13. The zero-order valence-corrected chi connectivity index (χ0v) is 14.3. The molecule has 0 aromatic rings. The van der Waals surface area contributed by atoms with E-state index in [1.165, 1.54) is 0 Å². The monoisotopic (exact) mass is 306 g/mol. The summed E-state index contributed by atoms with van der Waals surface area (Å²) in [5, 5.41) is 0. The first-order valence-electron chi connectivity index (χ1n) is 7.07. The predicted octanol–water partition coefficient (Wildman–Crippen LogP) is 4.48. The molecule has 6 heteroatoms. The topological polar surface area (TPSA) is 61.8 Å². The van der Waals surface area contributed by atoms with Crippen LogP contribution >= 0.6 is 7.60 Å². The molecular formula is C14H27O5P. The number of hydrogen-bond acceptors (Lipinski definition) is 5. The van der Waals surface area contributed by atoms with Crippen LogP contribution in [0.4, 0.5) is 0 Å². The van der Waals surface area contributed by atoms with E-state index >= 15 is 0 Å². The first-order valence-corrected chi connectivity index (χ1v) is 8.61. The zero-order valence-electron chi connectivity index (χ0n) is 13.4. The summed E-state index contributed by atoms with van der Waals surface area (Å²) in [7, 11) is -3.58. The Labute approximate surface area is 122 Å². The standard InChI is InChI=1S/C14H27O5P/c1-7-9-17-20(16,18-10-8-2)14(12(5)6)19-13(15)11(3)4/h11H,7-10H2,1-6H3. The minimum Gasteiger partial charge on any atom is -0.418 e. The highest BCUT2D eigenvalue weighted by molar-refractivity contribution is 7.58. The lowest BCUT2D eigenvalue weighted by molar-refractivity contribution is -0.142. The lowest BCUT2D eigenvalue weighted by Gasteiger charge is -2.22. The van der Waals surface area contributed by atoms with Crippen molar-refractivity contribution in [3.63, 3.8) is 0 Å². The molecule has 0 aliphatic carbocycles. The van der Waals surface area contributed by atoms with Crippen LogP contribution in [0.1, 0.15) is 54.4 Å². The number of allylic oxidation sites excluding steroid dienone is 1. The predicted molar refractivity (Wildman–Crippen MR) is 79.4 cm³/mol. The molecule has 0 atom stereocenters. The van der Waals surface area contributed by atoms with Crippen molar-refractivity contribution >= 4 is 13.6 Å². The Morgan fingerprint density at radius 1 is 1.05 bits per heavy atom. The van der Waals surface area contributed by atoms with Crippen molar-refractivity contribution in [3.05, 3.63) is 11.1 Å². The van der Waals surface area contributed by atoms with Gasteiger partial charge >= 0.3 is 13.6 Å². The molecule has 0 fully saturated rings. The largest absolute Gasteiger partial charge is 0.418 e. The average molecular weight is 306 g/mol. The molecule has 0 rings (SSSR count). The molecule has 5 nitrogen and oxygen atoms in total. The third-order valence-corrected chi connectivity index (χ3v) is 4.36. The third kappa shape index (κ3) is 6.21. The number of carbonyl (C=O) groups is 1. The number of esters is 1. The third-order valence-electron chi connectivity index (χ3n) is 2.28. The molecule has 0 heterocycles. The molecule has 0 aliphatic heterocycles. The molecule has 0 spiro atoms. The number of rotatable bonds is 9. The van der Waals surface area contributed by atoms with Gasteiger partial charge in [-0.05, 0) is 32.3 Å². The lowest BCUT2D eigenvalue weighted by Crippen LogP contribution is -2.14. The summed E-state index contributed by atoms with van der Waals surface area (Å²) in [6, 6.07) is 0. The first-order chi connectivity index (χ1) is 9.28. The molecule has 0 saturated carbocycles. The van der Waals surface area contributed by atoms with E-state index in [4.69, 9.17) is 13.8 Å². The molecule has 0 saturated heterocycles. The quantitative estimate of drug-likeness (QED) is 0.357. The van der Waals surface area contributed by atoms with Crippen molar-refractivity contribution < 1.29 is 23.1 Å². The smallest absolute Gasteiger partial charge is 0.396 e. The molecule has 118 valence electrons. The highest BCUT2D eigenvalue weighted by Crippen LogP contribution is 2.58. The van der Waals surface area contributed by atoms with E-state index in [0.717, 1.165) is 0 Å². The maximum absolute atomic E-state index is 12.9. The molecule has 20 heavy (non-hydrogen) atoms. The van der Waals surface area contributed by atoms with Crippen LogP contribution in [0.25, 0.3) is 0 Å². The van der Waals surface area contributed by atoms with Gasteiger partial charge in [-0.1, -0.05) is 27.7 Å². The summed E-state index contributed by atoms with van der Waals surface area (Å²) >= 11 is 0. The van der Waals surface area contributed by atoms with Gasteiger partial charge in [0.25, 0.3) is 0 Å². The Morgan fingerprint density at radius 3 is 1.80 bits per heavy atom. The Morgan fingerprint density at radius 2 is 1.50 bits per heavy atom. The van der Waals surface area contributed by atoms with Crippen LogP contribution in [0.2, 0.25) is 0 Å². The van der Waals surface area contributed by atoms with Crippen molar-refractivity contribution in [3.8, 4) is 0 Å². The molecule has 0 aromatic carbocycles. The van der Waals surface area contributed by atoms with Gasteiger partial charge in [0.05, 0.1) is 19.1 Å². The number of hydrogen-bond donors (Lipinski definition) is 0. The molecule has 0 amide bonds. The molecular weight excluding hydrogens is 279 g/mol. The summed E-state index contributed by atoms with van der Waals surface area (Å²) in [4.78, 5) is 11.8. The molecule has 0 unspecified atom stereocenters. The van der Waals surface area contributed by atoms with Gasteiger partial charge in [-0.15, -0.1) is 0 Å². The fourth-order valence-electron chi connectivity index (χ4n) is 1.22. The molecule has 0 bridgehead atoms. The van der Waals surface area contributed by atoms with Crippen LogP contribution in [0, 0.1) is 5.92 Å². The second-order valence-electron chi connectivity index (χ2n) is 5.04. The molecule has 0 aromatic heterocycles. The van der Waals surface area contributed by atoms with Gasteiger partial charge < -0.3 is 13.8 Å². The highest BCUT2D eigenvalue weighted by atomic mass is 31.2. The molecule has 0 N–H and O–H groups in total. The fraction of sp³-hybridized carbons (Fsp3) is 0.786. The van der Waals surface area contributed by atoms with Crippen molar-refractivity contribution in [2.24, 2.45) is 5.92 Å². The Kier molecular flexibility index (Phi) is 9.03. The van der Waals surface area contributed by atoms with Crippen LogP contribution in [-0.2, 0) is 23.1 Å². The Balaban J connectivity index is 5.29. The van der Waals surface area contributed by atoms with E-state index in [2.05, 4.69) is 0 Å².